The summed E-state index contributed by atoms with van der Waals surface area (Å²) in [7, 11) is 4.66. The molecule has 2 rings (SSSR count). The van der Waals surface area contributed by atoms with E-state index in [-0.39, 0.29) is 35.4 Å². The molecule has 0 radical (unpaired) electrons. The molecule has 0 saturated heterocycles. The molecule has 0 spiro atoms. The van der Waals surface area contributed by atoms with Gasteiger partial charge in [0.15, 0.2) is 5.96 Å². The molecule has 0 aliphatic rings. The molecule has 0 aliphatic heterocycles. The average molecular weight is 577 g/mol. The van der Waals surface area contributed by atoms with Crippen molar-refractivity contribution < 1.29 is 17.9 Å². The van der Waals surface area contributed by atoms with E-state index in [2.05, 4.69) is 10.3 Å². The summed E-state index contributed by atoms with van der Waals surface area (Å²) in [6, 6.07) is 12.6. The van der Waals surface area contributed by atoms with Crippen LogP contribution in [0, 0.1) is 0 Å². The molecule has 0 saturated carbocycles. The van der Waals surface area contributed by atoms with E-state index in [0.29, 0.717) is 24.6 Å². The van der Waals surface area contributed by atoms with Gasteiger partial charge in [-0.15, -0.1) is 24.0 Å². The first-order chi connectivity index (χ1) is 14.7. The summed E-state index contributed by atoms with van der Waals surface area (Å²) in [5.74, 6) is 2.12. The average Bonchev–Trinajstić information content (AvgIpc) is 2.76. The van der Waals surface area contributed by atoms with Gasteiger partial charge < -0.3 is 19.7 Å². The maximum atomic E-state index is 12.6. The maximum absolute atomic E-state index is 12.6. The zero-order valence-corrected chi connectivity index (χ0v) is 22.6. The third kappa shape index (κ3) is 6.97. The number of ether oxygens (including phenoxy) is 2. The Bertz CT molecular complexity index is 1010. The quantitative estimate of drug-likeness (QED) is 0.281. The monoisotopic (exact) mass is 576 g/mol. The topological polar surface area (TPSA) is 83.5 Å². The van der Waals surface area contributed by atoms with Gasteiger partial charge in [0.05, 0.1) is 25.7 Å². The Kier molecular flexibility index (Phi) is 11.2. The molecule has 2 aromatic rings. The Balaban J connectivity index is 0.00000512. The van der Waals surface area contributed by atoms with Crippen LogP contribution in [-0.2, 0) is 23.1 Å². The summed E-state index contributed by atoms with van der Waals surface area (Å²) in [5, 5.41) is 3.26. The van der Waals surface area contributed by atoms with Crippen molar-refractivity contribution in [3.8, 4) is 11.5 Å². The third-order valence-corrected chi connectivity index (χ3v) is 6.64. The highest BCUT2D eigenvalue weighted by molar-refractivity contribution is 14.0. The van der Waals surface area contributed by atoms with Crippen molar-refractivity contribution in [2.45, 2.75) is 24.9 Å². The van der Waals surface area contributed by atoms with Gasteiger partial charge in [-0.05, 0) is 30.7 Å². The molecule has 0 aromatic heterocycles. The van der Waals surface area contributed by atoms with Crippen LogP contribution in [0.25, 0.3) is 0 Å². The van der Waals surface area contributed by atoms with Gasteiger partial charge in [-0.3, -0.25) is 0 Å². The van der Waals surface area contributed by atoms with E-state index < -0.39 is 10.0 Å². The predicted molar refractivity (Wildman–Crippen MR) is 139 cm³/mol. The van der Waals surface area contributed by atoms with E-state index in [1.165, 1.54) is 18.4 Å². The Morgan fingerprint density at radius 2 is 1.72 bits per heavy atom. The second-order valence-corrected chi connectivity index (χ2v) is 9.22. The van der Waals surface area contributed by atoms with Gasteiger partial charge in [0.2, 0.25) is 10.0 Å². The lowest BCUT2D eigenvalue weighted by molar-refractivity contribution is 0.382. The van der Waals surface area contributed by atoms with E-state index in [0.717, 1.165) is 17.1 Å². The van der Waals surface area contributed by atoms with E-state index in [9.17, 15) is 8.42 Å². The van der Waals surface area contributed by atoms with Crippen LogP contribution in [0.5, 0.6) is 11.5 Å². The van der Waals surface area contributed by atoms with Gasteiger partial charge in [0, 0.05) is 45.9 Å². The van der Waals surface area contributed by atoms with Gasteiger partial charge in [0.1, 0.15) is 11.5 Å². The van der Waals surface area contributed by atoms with Gasteiger partial charge in [0.25, 0.3) is 0 Å². The number of methoxy groups -OCH3 is 2. The Morgan fingerprint density at radius 1 is 1.03 bits per heavy atom. The van der Waals surface area contributed by atoms with Crippen LogP contribution in [0.1, 0.15) is 18.1 Å². The van der Waals surface area contributed by atoms with Gasteiger partial charge in [-0.25, -0.2) is 17.7 Å². The summed E-state index contributed by atoms with van der Waals surface area (Å²) >= 11 is 0. The van der Waals surface area contributed by atoms with Gasteiger partial charge in [-0.1, -0.05) is 18.2 Å². The van der Waals surface area contributed by atoms with Crippen LogP contribution < -0.4 is 14.8 Å². The Hall–Kier alpha value is -2.05. The normalized spacial score (nSPS) is 11.7. The van der Waals surface area contributed by atoms with E-state index in [1.54, 1.807) is 32.4 Å². The van der Waals surface area contributed by atoms with Crippen molar-refractivity contribution in [1.29, 1.82) is 0 Å². The number of halogens is 1. The molecule has 0 atom stereocenters. The fourth-order valence-electron chi connectivity index (χ4n) is 3.03. The summed E-state index contributed by atoms with van der Waals surface area (Å²) in [6.45, 7) is 3.45. The SMILES string of the molecule is CCNC(=NCc1ccccc1S(=O)(=O)N(C)C)N(C)Cc1ccc(OC)cc1OC.I. The molecule has 0 heterocycles. The maximum Gasteiger partial charge on any atom is 0.242 e. The van der Waals surface area contributed by atoms with Crippen molar-refractivity contribution in [1.82, 2.24) is 14.5 Å². The van der Waals surface area contributed by atoms with Crippen molar-refractivity contribution >= 4 is 40.0 Å². The molecule has 0 amide bonds. The van der Waals surface area contributed by atoms with Gasteiger partial charge in [-0.2, -0.15) is 0 Å². The summed E-state index contributed by atoms with van der Waals surface area (Å²) < 4.78 is 37.3. The van der Waals surface area contributed by atoms with Crippen molar-refractivity contribution in [2.75, 3.05) is 41.9 Å². The first-order valence-corrected chi connectivity index (χ1v) is 11.4. The minimum absolute atomic E-state index is 0. The third-order valence-electron chi connectivity index (χ3n) is 4.73. The predicted octanol–water partition coefficient (Wildman–Crippen LogP) is 3.17. The molecule has 178 valence electrons. The number of guanidine groups is 1. The van der Waals surface area contributed by atoms with Crippen LogP contribution in [0.3, 0.4) is 0 Å². The standard InChI is InChI=1S/C22H32N4O4S.HI/c1-7-23-22(26(4)16-18-12-13-19(29-5)14-20(18)30-6)24-15-17-10-8-9-11-21(17)31(27,28)25(2)3;/h8-14H,7,15-16H2,1-6H3,(H,23,24);1H. The first kappa shape index (κ1) is 28.0. The fraction of sp³-hybridized carbons (Fsp3) is 0.409. The van der Waals surface area contributed by atoms with Crippen LogP contribution in [0.4, 0.5) is 0 Å². The number of nitrogens with zero attached hydrogens (tertiary/aromatic N) is 3. The van der Waals surface area contributed by atoms with Crippen LogP contribution in [0.2, 0.25) is 0 Å². The number of rotatable bonds is 9. The number of benzene rings is 2. The molecule has 0 aliphatic carbocycles. The molecule has 0 unspecified atom stereocenters. The molecule has 8 nitrogen and oxygen atoms in total. The van der Waals surface area contributed by atoms with Crippen molar-refractivity contribution in [3.63, 3.8) is 0 Å². The van der Waals surface area contributed by atoms with Crippen molar-refractivity contribution in [2.24, 2.45) is 4.99 Å². The summed E-state index contributed by atoms with van der Waals surface area (Å²) in [6.07, 6.45) is 0. The van der Waals surface area contributed by atoms with Crippen LogP contribution in [-0.4, -0.2) is 65.5 Å². The second kappa shape index (κ2) is 12.9. The molecule has 1 N–H and O–H groups in total. The molecule has 10 heteroatoms. The smallest absolute Gasteiger partial charge is 0.242 e. The highest BCUT2D eigenvalue weighted by Gasteiger charge is 2.20. The lowest BCUT2D eigenvalue weighted by Gasteiger charge is -2.23. The van der Waals surface area contributed by atoms with Gasteiger partial charge >= 0.3 is 0 Å². The molecular formula is C22H33IN4O4S. The zero-order chi connectivity index (χ0) is 23.0. The zero-order valence-electron chi connectivity index (χ0n) is 19.5. The minimum atomic E-state index is -3.55. The number of nitrogens with one attached hydrogen (secondary N) is 1. The lowest BCUT2D eigenvalue weighted by Crippen LogP contribution is -2.38. The number of hydrogen-bond donors (Lipinski definition) is 1. The van der Waals surface area contributed by atoms with Crippen LogP contribution >= 0.6 is 24.0 Å². The first-order valence-electron chi connectivity index (χ1n) is 9.95. The number of sulfonamides is 1. The Labute approximate surface area is 208 Å². The van der Waals surface area contributed by atoms with E-state index in [1.807, 2.05) is 43.1 Å². The fourth-order valence-corrected chi connectivity index (χ4v) is 4.13. The highest BCUT2D eigenvalue weighted by atomic mass is 127. The number of hydrogen-bond acceptors (Lipinski definition) is 5. The van der Waals surface area contributed by atoms with E-state index in [4.69, 9.17) is 9.47 Å². The summed E-state index contributed by atoms with van der Waals surface area (Å²) in [5.41, 5.74) is 1.62. The molecule has 0 bridgehead atoms. The largest absolute Gasteiger partial charge is 0.497 e. The molecule has 0 fully saturated rings. The van der Waals surface area contributed by atoms with Crippen LogP contribution in [0.15, 0.2) is 52.4 Å². The Morgan fingerprint density at radius 3 is 2.31 bits per heavy atom. The molecular weight excluding hydrogens is 543 g/mol. The van der Waals surface area contributed by atoms with Crippen molar-refractivity contribution in [3.05, 3.63) is 53.6 Å². The highest BCUT2D eigenvalue weighted by Crippen LogP contribution is 2.25. The lowest BCUT2D eigenvalue weighted by atomic mass is 10.2. The van der Waals surface area contributed by atoms with E-state index >= 15 is 0 Å². The summed E-state index contributed by atoms with van der Waals surface area (Å²) in [4.78, 5) is 6.92. The minimum Gasteiger partial charge on any atom is -0.497 e. The molecule has 32 heavy (non-hydrogen) atoms. The second-order valence-electron chi connectivity index (χ2n) is 7.10. The molecule has 2 aromatic carbocycles. The number of aliphatic imine (C=N–C) groups is 1.